The van der Waals surface area contributed by atoms with Gasteiger partial charge in [0.05, 0.1) is 112 Å². The van der Waals surface area contributed by atoms with Gasteiger partial charge in [-0.2, -0.15) is 0 Å². The molecule has 0 aliphatic heterocycles. The molecule has 0 unspecified atom stereocenters. The molecule has 0 fully saturated rings. The molecule has 0 amide bonds. The van der Waals surface area contributed by atoms with Crippen molar-refractivity contribution < 1.29 is 81.6 Å². The fraction of sp³-hybridized carbons (Fsp3) is 0.828. The summed E-state index contributed by atoms with van der Waals surface area (Å²) < 4.78 is 52.7. The lowest BCUT2D eigenvalue weighted by Crippen LogP contribution is -2.17. The van der Waals surface area contributed by atoms with Gasteiger partial charge in [-0.15, -0.1) is 0 Å². The monoisotopic (exact) mass is 670 g/mol. The van der Waals surface area contributed by atoms with Crippen molar-refractivity contribution in [3.05, 3.63) is 0 Å². The Morgan fingerprint density at radius 1 is 0.348 bits per heavy atom. The number of aliphatic carboxylic acids is 2. The molecule has 0 rings (SSSR count). The molecule has 17 heteroatoms. The van der Waals surface area contributed by atoms with Gasteiger partial charge in [0.15, 0.2) is 0 Å². The normalized spacial score (nSPS) is 11.0. The minimum absolute atomic E-state index is 0.00348. The maximum atomic E-state index is 11.5. The van der Waals surface area contributed by atoms with E-state index in [1.54, 1.807) is 0 Å². The number of rotatable bonds is 36. The van der Waals surface area contributed by atoms with Crippen LogP contribution in [0.25, 0.3) is 0 Å². The van der Waals surface area contributed by atoms with E-state index in [4.69, 9.17) is 57.6 Å². The Hall–Kier alpha value is -2.77. The van der Waals surface area contributed by atoms with E-state index in [0.717, 1.165) is 0 Å². The van der Waals surface area contributed by atoms with E-state index < -0.39 is 30.1 Å². The van der Waals surface area contributed by atoms with E-state index >= 15 is 0 Å². The average molecular weight is 671 g/mol. The third-order valence-electron chi connectivity index (χ3n) is 5.40. The van der Waals surface area contributed by atoms with Crippen molar-refractivity contribution in [1.82, 2.24) is 0 Å². The molecule has 0 aromatic carbocycles. The van der Waals surface area contributed by atoms with Gasteiger partial charge in [0.2, 0.25) is 5.78 Å². The molecule has 0 atom stereocenters. The third kappa shape index (κ3) is 34.1. The van der Waals surface area contributed by atoms with E-state index in [2.05, 4.69) is 0 Å². The Balaban J connectivity index is 3.18. The lowest BCUT2D eigenvalue weighted by molar-refractivity contribution is -0.151. The zero-order chi connectivity index (χ0) is 33.9. The Bertz CT molecular complexity index is 792. The molecule has 17 nitrogen and oxygen atoms in total. The number of carbonyl (C=O) groups excluding carboxylic acids is 3. The number of ether oxygens (including phenoxy) is 10. The van der Waals surface area contributed by atoms with Crippen LogP contribution >= 0.6 is 0 Å². The van der Waals surface area contributed by atoms with E-state index in [1.807, 2.05) is 0 Å². The number of hydrogen-bond acceptors (Lipinski definition) is 15. The highest BCUT2D eigenvalue weighted by Gasteiger charge is 2.14. The summed E-state index contributed by atoms with van der Waals surface area (Å²) >= 11 is 0. The first-order chi connectivity index (χ1) is 22.3. The largest absolute Gasteiger partial charge is 0.481 e. The van der Waals surface area contributed by atoms with Gasteiger partial charge in [-0.3, -0.25) is 19.2 Å². The predicted octanol–water partition coefficient (Wildman–Crippen LogP) is 0.285. The number of hydrogen-bond donors (Lipinski definition) is 2. The van der Waals surface area contributed by atoms with Gasteiger partial charge in [-0.25, -0.2) is 4.79 Å². The van der Waals surface area contributed by atoms with Gasteiger partial charge in [-0.05, 0) is 12.8 Å². The number of unbranched alkanes of at least 4 members (excludes halogenated alkanes) is 1. The van der Waals surface area contributed by atoms with E-state index in [1.165, 1.54) is 0 Å². The van der Waals surface area contributed by atoms with Crippen LogP contribution in [0.3, 0.4) is 0 Å². The molecule has 0 aromatic rings. The highest BCUT2D eigenvalue weighted by Crippen LogP contribution is 2.01. The predicted molar refractivity (Wildman–Crippen MR) is 156 cm³/mol. The molecule has 268 valence electrons. The maximum absolute atomic E-state index is 11.5. The van der Waals surface area contributed by atoms with Crippen molar-refractivity contribution in [2.45, 2.75) is 38.5 Å². The van der Waals surface area contributed by atoms with E-state index in [-0.39, 0.29) is 51.7 Å². The molecule has 0 radical (unpaired) electrons. The number of Topliss-reactive ketones (excluding diaryl/α,β-unsaturated/α-hetero) is 1. The van der Waals surface area contributed by atoms with Crippen LogP contribution in [0.1, 0.15) is 38.5 Å². The third-order valence-corrected chi connectivity index (χ3v) is 5.40. The number of carboxylic acids is 2. The molecular formula is C29H50O17. The summed E-state index contributed by atoms with van der Waals surface area (Å²) in [5.74, 6) is -4.50. The number of carbonyl (C=O) groups is 5. The van der Waals surface area contributed by atoms with Gasteiger partial charge < -0.3 is 57.6 Å². The Labute approximate surface area is 268 Å². The second-order valence-corrected chi connectivity index (χ2v) is 9.17. The summed E-state index contributed by atoms with van der Waals surface area (Å²) in [4.78, 5) is 54.5. The second kappa shape index (κ2) is 33.6. The van der Waals surface area contributed by atoms with Crippen LogP contribution in [0.5, 0.6) is 0 Å². The van der Waals surface area contributed by atoms with Gasteiger partial charge in [-0.1, -0.05) is 0 Å². The first kappa shape index (κ1) is 43.2. The minimum atomic E-state index is -1.57. The minimum Gasteiger partial charge on any atom is -0.481 e. The molecule has 0 saturated heterocycles. The highest BCUT2D eigenvalue weighted by atomic mass is 16.6. The van der Waals surface area contributed by atoms with Crippen LogP contribution in [0.4, 0.5) is 0 Å². The second-order valence-electron chi connectivity index (χ2n) is 9.17. The Kier molecular flexibility index (Phi) is 31.6. The molecule has 0 aromatic heterocycles. The van der Waals surface area contributed by atoms with Crippen molar-refractivity contribution in [3.8, 4) is 0 Å². The molecule has 0 aliphatic rings. The Morgan fingerprint density at radius 2 is 0.630 bits per heavy atom. The molecule has 2 N–H and O–H groups in total. The van der Waals surface area contributed by atoms with E-state index in [0.29, 0.717) is 105 Å². The molecule has 0 aliphatic carbocycles. The number of ketones is 1. The summed E-state index contributed by atoms with van der Waals surface area (Å²) in [6, 6.07) is 0. The summed E-state index contributed by atoms with van der Waals surface area (Å²) in [6.07, 6.45) is 0.509. The average Bonchev–Trinajstić information content (AvgIpc) is 3.03. The molecule has 0 bridgehead atoms. The van der Waals surface area contributed by atoms with Crippen molar-refractivity contribution in [2.24, 2.45) is 0 Å². The summed E-state index contributed by atoms with van der Waals surface area (Å²) in [5.41, 5.74) is 0. The Morgan fingerprint density at radius 3 is 0.935 bits per heavy atom. The molecule has 0 heterocycles. The van der Waals surface area contributed by atoms with Crippen LogP contribution in [-0.2, 0) is 71.3 Å². The smallest absolute Gasteiger partial charge is 0.372 e. The molecule has 46 heavy (non-hydrogen) atoms. The van der Waals surface area contributed by atoms with Crippen LogP contribution in [-0.4, -0.2) is 159 Å². The van der Waals surface area contributed by atoms with Gasteiger partial charge in [0.25, 0.3) is 0 Å². The number of carboxylic acid groups (broad SMARTS) is 2. The van der Waals surface area contributed by atoms with Crippen LogP contribution < -0.4 is 0 Å². The van der Waals surface area contributed by atoms with Crippen LogP contribution in [0.2, 0.25) is 0 Å². The zero-order valence-electron chi connectivity index (χ0n) is 26.5. The first-order valence-electron chi connectivity index (χ1n) is 15.2. The quantitative estimate of drug-likeness (QED) is 0.0520. The maximum Gasteiger partial charge on any atom is 0.372 e. The number of esters is 2. The van der Waals surface area contributed by atoms with Crippen molar-refractivity contribution in [3.63, 3.8) is 0 Å². The highest BCUT2D eigenvalue weighted by molar-refractivity contribution is 6.32. The van der Waals surface area contributed by atoms with Crippen molar-refractivity contribution >= 4 is 29.7 Å². The fourth-order valence-corrected chi connectivity index (χ4v) is 3.08. The standard InChI is InChI=1S/C29H50O17/c30-25(29(35)36)5-6-28(34)46-24-22-44-20-18-42-16-14-40-12-10-38-8-7-37-9-11-39-13-15-41-17-19-43-21-23-45-27(33)4-2-1-3-26(31)32/h1-24H2,(H,31,32)(H,35,36). The van der Waals surface area contributed by atoms with Gasteiger partial charge >= 0.3 is 23.9 Å². The van der Waals surface area contributed by atoms with Crippen molar-refractivity contribution in [1.29, 1.82) is 0 Å². The van der Waals surface area contributed by atoms with Crippen LogP contribution in [0, 0.1) is 0 Å². The topological polar surface area (TPSA) is 218 Å². The molecule has 0 spiro atoms. The zero-order valence-corrected chi connectivity index (χ0v) is 26.5. The fourth-order valence-electron chi connectivity index (χ4n) is 3.08. The summed E-state index contributed by atoms with van der Waals surface area (Å²) in [5, 5.41) is 17.0. The lowest BCUT2D eigenvalue weighted by Gasteiger charge is -2.09. The summed E-state index contributed by atoms with van der Waals surface area (Å²) in [6.45, 7) is 6.18. The van der Waals surface area contributed by atoms with Crippen LogP contribution in [0.15, 0.2) is 0 Å². The lowest BCUT2D eigenvalue weighted by atomic mass is 10.2. The van der Waals surface area contributed by atoms with Gasteiger partial charge in [0.1, 0.15) is 13.2 Å². The molecule has 0 saturated carbocycles. The van der Waals surface area contributed by atoms with Gasteiger partial charge in [0, 0.05) is 19.3 Å². The molecular weight excluding hydrogens is 620 g/mol. The van der Waals surface area contributed by atoms with Crippen molar-refractivity contribution in [2.75, 3.05) is 119 Å². The van der Waals surface area contributed by atoms with E-state index in [9.17, 15) is 24.0 Å². The SMILES string of the molecule is O=C(O)CCCCC(=O)OCCOCCOCCOCCOCCOCCOCCOCCOCCOC(=O)CCC(=O)C(=O)O. The summed E-state index contributed by atoms with van der Waals surface area (Å²) in [7, 11) is 0. The first-order valence-corrected chi connectivity index (χ1v) is 15.2.